The van der Waals surface area contributed by atoms with Crippen LogP contribution in [0.25, 0.3) is 11.3 Å². The van der Waals surface area contributed by atoms with Gasteiger partial charge >= 0.3 is 0 Å². The minimum atomic E-state index is -0.293. The summed E-state index contributed by atoms with van der Waals surface area (Å²) in [6.07, 6.45) is 0.750. The van der Waals surface area contributed by atoms with Crippen molar-refractivity contribution in [3.05, 3.63) is 88.2 Å². The molecule has 0 fully saturated rings. The molecule has 0 unspecified atom stereocenters. The van der Waals surface area contributed by atoms with Crippen LogP contribution < -0.4 is 10.9 Å². The summed E-state index contributed by atoms with van der Waals surface area (Å²) in [5, 5.41) is 7.15. The molecule has 1 N–H and O–H groups in total. The van der Waals surface area contributed by atoms with Gasteiger partial charge in [-0.3, -0.25) is 9.59 Å². The Morgan fingerprint density at radius 1 is 1.04 bits per heavy atom. The molecule has 1 amide bonds. The van der Waals surface area contributed by atoms with E-state index in [0.29, 0.717) is 12.2 Å². The molecule has 5 heteroatoms. The summed E-state index contributed by atoms with van der Waals surface area (Å²) >= 11 is 0. The summed E-state index contributed by atoms with van der Waals surface area (Å²) in [5.74, 6) is -0.225. The number of benzene rings is 2. The van der Waals surface area contributed by atoms with Crippen molar-refractivity contribution in [2.75, 3.05) is 6.54 Å². The first-order chi connectivity index (χ1) is 12.6. The van der Waals surface area contributed by atoms with Crippen molar-refractivity contribution in [3.63, 3.8) is 0 Å². The summed E-state index contributed by atoms with van der Waals surface area (Å²) in [6.45, 7) is 2.47. The van der Waals surface area contributed by atoms with Gasteiger partial charge in [-0.1, -0.05) is 60.2 Å². The molecular weight excluding hydrogens is 326 g/mol. The Labute approximate surface area is 152 Å². The van der Waals surface area contributed by atoms with E-state index >= 15 is 0 Å². The van der Waals surface area contributed by atoms with Crippen molar-refractivity contribution in [1.29, 1.82) is 0 Å². The predicted molar refractivity (Wildman–Crippen MR) is 102 cm³/mol. The normalized spacial score (nSPS) is 10.5. The topological polar surface area (TPSA) is 64.0 Å². The number of nitrogens with one attached hydrogen (secondary N) is 1. The first-order valence-corrected chi connectivity index (χ1v) is 8.58. The molecule has 1 heterocycles. The molecule has 3 aromatic rings. The smallest absolute Gasteiger partial charge is 0.267 e. The van der Waals surface area contributed by atoms with Crippen molar-refractivity contribution >= 4 is 5.91 Å². The van der Waals surface area contributed by atoms with Gasteiger partial charge in [0.1, 0.15) is 6.54 Å². The molecule has 0 spiro atoms. The van der Waals surface area contributed by atoms with E-state index in [4.69, 9.17) is 0 Å². The SMILES string of the molecule is Cc1cccc(CCNC(=O)Cn2nc(-c3ccccc3)ccc2=O)c1. The number of aryl methyl sites for hydroxylation is 1. The van der Waals surface area contributed by atoms with Gasteiger partial charge in [-0.2, -0.15) is 5.10 Å². The first-order valence-electron chi connectivity index (χ1n) is 8.58. The van der Waals surface area contributed by atoms with Gasteiger partial charge in [0.2, 0.25) is 5.91 Å². The molecule has 0 saturated heterocycles. The maximum Gasteiger partial charge on any atom is 0.267 e. The Kier molecular flexibility index (Phi) is 5.59. The Balaban J connectivity index is 1.61. The van der Waals surface area contributed by atoms with Gasteiger partial charge in [-0.25, -0.2) is 4.68 Å². The highest BCUT2D eigenvalue weighted by Gasteiger charge is 2.07. The number of hydrogen-bond donors (Lipinski definition) is 1. The molecule has 3 rings (SSSR count). The van der Waals surface area contributed by atoms with Crippen molar-refractivity contribution in [2.45, 2.75) is 19.9 Å². The van der Waals surface area contributed by atoms with Gasteiger partial charge in [-0.15, -0.1) is 0 Å². The highest BCUT2D eigenvalue weighted by molar-refractivity contribution is 5.75. The third kappa shape index (κ3) is 4.66. The zero-order valence-electron chi connectivity index (χ0n) is 14.7. The summed E-state index contributed by atoms with van der Waals surface area (Å²) in [6, 6.07) is 20.9. The highest BCUT2D eigenvalue weighted by Crippen LogP contribution is 2.13. The van der Waals surface area contributed by atoms with E-state index in [1.165, 1.54) is 21.9 Å². The molecule has 1 aromatic heterocycles. The monoisotopic (exact) mass is 347 g/mol. The fourth-order valence-corrected chi connectivity index (χ4v) is 2.73. The molecule has 132 valence electrons. The van der Waals surface area contributed by atoms with Gasteiger partial charge in [-0.05, 0) is 25.0 Å². The van der Waals surface area contributed by atoms with E-state index in [1.807, 2.05) is 55.5 Å². The number of aromatic nitrogens is 2. The van der Waals surface area contributed by atoms with Crippen LogP contribution in [0.1, 0.15) is 11.1 Å². The zero-order chi connectivity index (χ0) is 18.4. The zero-order valence-corrected chi connectivity index (χ0v) is 14.7. The van der Waals surface area contributed by atoms with Crippen LogP contribution >= 0.6 is 0 Å². The van der Waals surface area contributed by atoms with E-state index in [0.717, 1.165) is 12.0 Å². The number of carbonyl (C=O) groups is 1. The number of hydrogen-bond acceptors (Lipinski definition) is 3. The second-order valence-corrected chi connectivity index (χ2v) is 6.17. The van der Waals surface area contributed by atoms with Crippen LogP contribution in [0.15, 0.2) is 71.5 Å². The van der Waals surface area contributed by atoms with Crippen LogP contribution in [0, 0.1) is 6.92 Å². The summed E-state index contributed by atoms with van der Waals surface area (Å²) in [5.41, 5.74) is 3.64. The van der Waals surface area contributed by atoms with Gasteiger partial charge < -0.3 is 5.32 Å². The van der Waals surface area contributed by atoms with Gasteiger partial charge in [0, 0.05) is 18.2 Å². The van der Waals surface area contributed by atoms with Crippen molar-refractivity contribution in [1.82, 2.24) is 15.1 Å². The first kappa shape index (κ1) is 17.6. The van der Waals surface area contributed by atoms with E-state index in [9.17, 15) is 9.59 Å². The van der Waals surface area contributed by atoms with Crippen molar-refractivity contribution < 1.29 is 4.79 Å². The maximum atomic E-state index is 12.2. The second kappa shape index (κ2) is 8.25. The molecule has 2 aromatic carbocycles. The lowest BCUT2D eigenvalue weighted by molar-refractivity contribution is -0.121. The lowest BCUT2D eigenvalue weighted by atomic mass is 10.1. The number of rotatable bonds is 6. The van der Waals surface area contributed by atoms with Crippen molar-refractivity contribution in [2.24, 2.45) is 0 Å². The molecule has 5 nitrogen and oxygen atoms in total. The fourth-order valence-electron chi connectivity index (χ4n) is 2.73. The van der Waals surface area contributed by atoms with E-state index in [-0.39, 0.29) is 18.0 Å². The van der Waals surface area contributed by atoms with Gasteiger partial charge in [0.15, 0.2) is 0 Å². The lowest BCUT2D eigenvalue weighted by Crippen LogP contribution is -2.34. The van der Waals surface area contributed by atoms with Gasteiger partial charge in [0.25, 0.3) is 5.56 Å². The van der Waals surface area contributed by atoms with Crippen LogP contribution in [0.4, 0.5) is 0 Å². The minimum absolute atomic E-state index is 0.0900. The molecule has 0 aliphatic heterocycles. The van der Waals surface area contributed by atoms with E-state index in [2.05, 4.69) is 16.5 Å². The molecule has 26 heavy (non-hydrogen) atoms. The largest absolute Gasteiger partial charge is 0.354 e. The molecule has 0 bridgehead atoms. The van der Waals surface area contributed by atoms with Crippen LogP contribution in [-0.2, 0) is 17.8 Å². The van der Waals surface area contributed by atoms with Crippen LogP contribution in [0.5, 0.6) is 0 Å². The Bertz CT molecular complexity index is 949. The standard InChI is InChI=1S/C21H21N3O2/c1-16-6-5-7-17(14-16)12-13-22-20(25)15-24-21(26)11-10-19(23-24)18-8-3-2-4-9-18/h2-11,14H,12-13,15H2,1H3,(H,22,25). The fraction of sp³-hybridized carbons (Fsp3) is 0.190. The van der Waals surface area contributed by atoms with Crippen LogP contribution in [-0.4, -0.2) is 22.2 Å². The van der Waals surface area contributed by atoms with Crippen LogP contribution in [0.3, 0.4) is 0 Å². The Morgan fingerprint density at radius 2 is 1.85 bits per heavy atom. The number of amides is 1. The average Bonchev–Trinajstić information content (AvgIpc) is 2.64. The maximum absolute atomic E-state index is 12.2. The molecule has 0 saturated carbocycles. The van der Waals surface area contributed by atoms with Crippen molar-refractivity contribution in [3.8, 4) is 11.3 Å². The third-order valence-electron chi connectivity index (χ3n) is 4.05. The molecule has 0 radical (unpaired) electrons. The molecular formula is C21H21N3O2. The van der Waals surface area contributed by atoms with E-state index in [1.54, 1.807) is 6.07 Å². The Morgan fingerprint density at radius 3 is 2.62 bits per heavy atom. The highest BCUT2D eigenvalue weighted by atomic mass is 16.2. The quantitative estimate of drug-likeness (QED) is 0.745. The molecule has 0 aliphatic carbocycles. The number of nitrogens with zero attached hydrogens (tertiary/aromatic N) is 2. The minimum Gasteiger partial charge on any atom is -0.354 e. The predicted octanol–water partition coefficient (Wildman–Crippen LogP) is 2.58. The third-order valence-corrected chi connectivity index (χ3v) is 4.05. The second-order valence-electron chi connectivity index (χ2n) is 6.17. The number of carbonyl (C=O) groups excluding carboxylic acids is 1. The molecule has 0 atom stereocenters. The van der Waals surface area contributed by atoms with Crippen LogP contribution in [0.2, 0.25) is 0 Å². The Hall–Kier alpha value is -3.21. The van der Waals surface area contributed by atoms with E-state index < -0.39 is 0 Å². The summed E-state index contributed by atoms with van der Waals surface area (Å²) < 4.78 is 1.20. The van der Waals surface area contributed by atoms with Gasteiger partial charge in [0.05, 0.1) is 5.69 Å². The molecule has 0 aliphatic rings. The average molecular weight is 347 g/mol. The lowest BCUT2D eigenvalue weighted by Gasteiger charge is -2.08. The summed E-state index contributed by atoms with van der Waals surface area (Å²) in [7, 11) is 0. The summed E-state index contributed by atoms with van der Waals surface area (Å²) in [4.78, 5) is 24.2.